The molecule has 2 aromatic rings. The van der Waals surface area contributed by atoms with Crippen molar-refractivity contribution in [2.45, 2.75) is 13.0 Å². The number of hydrogen-bond donors (Lipinski definition) is 0. The van der Waals surface area contributed by atoms with E-state index in [1.54, 1.807) is 28.9 Å². The molecular weight excluding hydrogens is 356 g/mol. The number of piperazine rings is 1. The van der Waals surface area contributed by atoms with Crippen LogP contribution in [0, 0.1) is 0 Å². The summed E-state index contributed by atoms with van der Waals surface area (Å²) in [6.07, 6.45) is 0. The van der Waals surface area contributed by atoms with Gasteiger partial charge in [-0.15, -0.1) is 0 Å². The minimum atomic E-state index is -0.476. The third-order valence-corrected chi connectivity index (χ3v) is 4.55. The van der Waals surface area contributed by atoms with Gasteiger partial charge in [-0.25, -0.2) is 0 Å². The first kappa shape index (κ1) is 15.7. The van der Waals surface area contributed by atoms with Gasteiger partial charge < -0.3 is 9.80 Å². The Morgan fingerprint density at radius 2 is 1.83 bits per heavy atom. The number of nitrogens with zero attached hydrogens (tertiary/aromatic N) is 2. The molecule has 0 aliphatic carbocycles. The second kappa shape index (κ2) is 6.54. The van der Waals surface area contributed by atoms with E-state index in [1.165, 1.54) is 0 Å². The Labute approximate surface area is 143 Å². The first-order valence-electron chi connectivity index (χ1n) is 7.51. The Hall–Kier alpha value is -2.14. The smallest absolute Gasteiger partial charge is 0.254 e. The lowest BCUT2D eigenvalue weighted by atomic mass is 10.1. The molecule has 118 valence electrons. The topological polar surface area (TPSA) is 40.6 Å². The van der Waals surface area contributed by atoms with Gasteiger partial charge in [-0.1, -0.05) is 40.2 Å². The molecule has 1 aliphatic heterocycles. The van der Waals surface area contributed by atoms with Gasteiger partial charge in [0, 0.05) is 28.8 Å². The van der Waals surface area contributed by atoms with Crippen molar-refractivity contribution in [3.05, 3.63) is 64.6 Å². The Bertz CT molecular complexity index is 733. The van der Waals surface area contributed by atoms with Gasteiger partial charge in [-0.3, -0.25) is 9.59 Å². The molecular formula is C18H17BrN2O2. The molecule has 1 heterocycles. The summed E-state index contributed by atoms with van der Waals surface area (Å²) in [5, 5.41) is 0. The maximum absolute atomic E-state index is 12.7. The van der Waals surface area contributed by atoms with Crippen LogP contribution in [0.2, 0.25) is 0 Å². The first-order valence-corrected chi connectivity index (χ1v) is 8.30. The molecule has 2 aromatic carbocycles. The van der Waals surface area contributed by atoms with Crippen molar-refractivity contribution in [1.82, 2.24) is 4.90 Å². The second-order valence-corrected chi connectivity index (χ2v) is 6.43. The third kappa shape index (κ3) is 3.15. The van der Waals surface area contributed by atoms with E-state index in [0.717, 1.165) is 10.2 Å². The standard InChI is InChI=1S/C18H17BrN2O2/c1-13-17(22)21(16-9-5-8-15(19)12-16)11-10-20(13)18(23)14-6-3-2-4-7-14/h2-9,12-13H,10-11H2,1H3/t13-/m1/s1. The van der Waals surface area contributed by atoms with Crippen molar-refractivity contribution in [2.24, 2.45) is 0 Å². The lowest BCUT2D eigenvalue weighted by molar-refractivity contribution is -0.124. The number of hydrogen-bond acceptors (Lipinski definition) is 2. The summed E-state index contributed by atoms with van der Waals surface area (Å²) in [6.45, 7) is 2.80. The molecule has 1 aliphatic rings. The van der Waals surface area contributed by atoms with Crippen LogP contribution in [0.15, 0.2) is 59.1 Å². The van der Waals surface area contributed by atoms with Gasteiger partial charge in [0.05, 0.1) is 0 Å². The maximum Gasteiger partial charge on any atom is 0.254 e. The van der Waals surface area contributed by atoms with E-state index in [-0.39, 0.29) is 11.8 Å². The van der Waals surface area contributed by atoms with Gasteiger partial charge in [0.15, 0.2) is 0 Å². The fraction of sp³-hybridized carbons (Fsp3) is 0.222. The van der Waals surface area contributed by atoms with Gasteiger partial charge >= 0.3 is 0 Å². The number of amides is 2. The van der Waals surface area contributed by atoms with E-state index < -0.39 is 6.04 Å². The first-order chi connectivity index (χ1) is 11.1. The van der Waals surface area contributed by atoms with Crippen molar-refractivity contribution in [1.29, 1.82) is 0 Å². The molecule has 5 heteroatoms. The highest BCUT2D eigenvalue weighted by Crippen LogP contribution is 2.24. The van der Waals surface area contributed by atoms with Crippen LogP contribution < -0.4 is 4.90 Å². The fourth-order valence-corrected chi connectivity index (χ4v) is 3.18. The highest BCUT2D eigenvalue weighted by atomic mass is 79.9. The normalized spacial score (nSPS) is 18.2. The van der Waals surface area contributed by atoms with Crippen LogP contribution in [0.4, 0.5) is 5.69 Å². The van der Waals surface area contributed by atoms with Crippen LogP contribution in [0.25, 0.3) is 0 Å². The lowest BCUT2D eigenvalue weighted by Crippen LogP contribution is -2.57. The van der Waals surface area contributed by atoms with Crippen molar-refractivity contribution in [3.8, 4) is 0 Å². The van der Waals surface area contributed by atoms with Crippen molar-refractivity contribution in [2.75, 3.05) is 18.0 Å². The molecule has 0 unspecified atom stereocenters. The SMILES string of the molecule is C[C@@H]1C(=O)N(c2cccc(Br)c2)CCN1C(=O)c1ccccc1. The fourth-order valence-electron chi connectivity index (χ4n) is 2.79. The molecule has 0 radical (unpaired) electrons. The monoisotopic (exact) mass is 372 g/mol. The molecule has 0 spiro atoms. The Balaban J connectivity index is 1.80. The largest absolute Gasteiger partial charge is 0.325 e. The molecule has 1 atom stereocenters. The highest BCUT2D eigenvalue weighted by molar-refractivity contribution is 9.10. The third-order valence-electron chi connectivity index (χ3n) is 4.06. The summed E-state index contributed by atoms with van der Waals surface area (Å²) in [5.41, 5.74) is 1.46. The van der Waals surface area contributed by atoms with Crippen LogP contribution in [0.3, 0.4) is 0 Å². The van der Waals surface area contributed by atoms with Gasteiger partial charge in [0.2, 0.25) is 5.91 Å². The number of benzene rings is 2. The molecule has 0 aromatic heterocycles. The lowest BCUT2D eigenvalue weighted by Gasteiger charge is -2.39. The maximum atomic E-state index is 12.7. The minimum Gasteiger partial charge on any atom is -0.325 e. The summed E-state index contributed by atoms with van der Waals surface area (Å²) < 4.78 is 0.929. The Morgan fingerprint density at radius 1 is 1.09 bits per heavy atom. The summed E-state index contributed by atoms with van der Waals surface area (Å²) in [6, 6.07) is 16.3. The van der Waals surface area contributed by atoms with Crippen molar-refractivity contribution >= 4 is 33.4 Å². The summed E-state index contributed by atoms with van der Waals surface area (Å²) >= 11 is 3.43. The van der Waals surface area contributed by atoms with Crippen LogP contribution >= 0.6 is 15.9 Å². The van der Waals surface area contributed by atoms with Gasteiger partial charge in [0.25, 0.3) is 5.91 Å². The molecule has 3 rings (SSSR count). The van der Waals surface area contributed by atoms with Gasteiger partial charge in [0.1, 0.15) is 6.04 Å². The molecule has 23 heavy (non-hydrogen) atoms. The number of rotatable bonds is 2. The minimum absolute atomic E-state index is 0.0568. The zero-order valence-corrected chi connectivity index (χ0v) is 14.4. The van der Waals surface area contributed by atoms with Gasteiger partial charge in [-0.2, -0.15) is 0 Å². The number of halogens is 1. The number of carbonyl (C=O) groups is 2. The molecule has 1 fully saturated rings. The number of carbonyl (C=O) groups excluding carboxylic acids is 2. The predicted molar refractivity (Wildman–Crippen MR) is 93.4 cm³/mol. The molecule has 0 bridgehead atoms. The van der Waals surface area contributed by atoms with Crippen LogP contribution in [-0.4, -0.2) is 35.8 Å². The van der Waals surface area contributed by atoms with E-state index in [2.05, 4.69) is 15.9 Å². The Morgan fingerprint density at radius 3 is 2.52 bits per heavy atom. The quantitative estimate of drug-likeness (QED) is 0.810. The molecule has 0 saturated carbocycles. The summed E-state index contributed by atoms with van der Waals surface area (Å²) in [7, 11) is 0. The molecule has 2 amide bonds. The van der Waals surface area contributed by atoms with E-state index in [4.69, 9.17) is 0 Å². The second-order valence-electron chi connectivity index (χ2n) is 5.51. The van der Waals surface area contributed by atoms with E-state index >= 15 is 0 Å². The number of anilines is 1. The summed E-state index contributed by atoms with van der Waals surface area (Å²) in [5.74, 6) is -0.154. The van der Waals surface area contributed by atoms with Crippen LogP contribution in [0.1, 0.15) is 17.3 Å². The van der Waals surface area contributed by atoms with Crippen molar-refractivity contribution < 1.29 is 9.59 Å². The van der Waals surface area contributed by atoms with Gasteiger partial charge in [-0.05, 0) is 37.3 Å². The van der Waals surface area contributed by atoms with Crippen LogP contribution in [-0.2, 0) is 4.79 Å². The highest BCUT2D eigenvalue weighted by Gasteiger charge is 2.35. The van der Waals surface area contributed by atoms with E-state index in [0.29, 0.717) is 18.7 Å². The molecule has 1 saturated heterocycles. The van der Waals surface area contributed by atoms with E-state index in [9.17, 15) is 9.59 Å². The average molecular weight is 373 g/mol. The molecule has 4 nitrogen and oxygen atoms in total. The predicted octanol–water partition coefficient (Wildman–Crippen LogP) is 3.33. The zero-order chi connectivity index (χ0) is 16.4. The van der Waals surface area contributed by atoms with E-state index in [1.807, 2.05) is 42.5 Å². The van der Waals surface area contributed by atoms with Crippen LogP contribution in [0.5, 0.6) is 0 Å². The average Bonchev–Trinajstić information content (AvgIpc) is 2.57. The zero-order valence-electron chi connectivity index (χ0n) is 12.8. The summed E-state index contributed by atoms with van der Waals surface area (Å²) in [4.78, 5) is 28.7. The van der Waals surface area contributed by atoms with Crippen molar-refractivity contribution in [3.63, 3.8) is 0 Å². The Kier molecular flexibility index (Phi) is 4.48. The molecule has 0 N–H and O–H groups in total.